The molecule has 0 spiro atoms. The van der Waals surface area contributed by atoms with Crippen LogP contribution in [0.2, 0.25) is 0 Å². The van der Waals surface area contributed by atoms with Crippen LogP contribution >= 0.6 is 0 Å². The largest absolute Gasteiger partial charge is 0.506 e. The van der Waals surface area contributed by atoms with Crippen LogP contribution in [0.4, 0.5) is 11.4 Å². The molecule has 0 saturated carbocycles. The Morgan fingerprint density at radius 1 is 0.857 bits per heavy atom. The number of aliphatic hydroxyl groups is 1. The van der Waals surface area contributed by atoms with E-state index in [1.165, 1.54) is 13.8 Å². The number of rotatable bonds is 6. The number of anilines is 2. The van der Waals surface area contributed by atoms with Gasteiger partial charge in [-0.1, -0.05) is 48.5 Å². The highest BCUT2D eigenvalue weighted by Crippen LogP contribution is 2.48. The Labute approximate surface area is 245 Å². The lowest BCUT2D eigenvalue weighted by Crippen LogP contribution is -2.28. The van der Waals surface area contributed by atoms with E-state index in [0.29, 0.717) is 28.1 Å². The first-order valence-electron chi connectivity index (χ1n) is 14.0. The molecule has 0 aromatic heterocycles. The van der Waals surface area contributed by atoms with Crippen molar-refractivity contribution in [2.24, 2.45) is 4.99 Å². The van der Waals surface area contributed by atoms with E-state index >= 15 is 0 Å². The molecule has 2 amide bonds. The lowest BCUT2D eigenvalue weighted by Gasteiger charge is -2.32. The van der Waals surface area contributed by atoms with E-state index < -0.39 is 5.91 Å². The Balaban J connectivity index is 1.83. The first-order chi connectivity index (χ1) is 20.1. The number of nitrogens with zero attached hydrogens (tertiary/aromatic N) is 3. The zero-order chi connectivity index (χ0) is 30.3. The van der Waals surface area contributed by atoms with Crippen molar-refractivity contribution in [3.63, 3.8) is 0 Å². The molecule has 3 aromatic carbocycles. The van der Waals surface area contributed by atoms with Gasteiger partial charge in [0.25, 0.3) is 0 Å². The number of ketones is 1. The van der Waals surface area contributed by atoms with Gasteiger partial charge in [0.2, 0.25) is 17.6 Å². The number of Topliss-reactive ketones (excluding diaryl/α,β-unsaturated/α-hetero) is 1. The average Bonchev–Trinajstić information content (AvgIpc) is 2.97. The molecule has 0 radical (unpaired) electrons. The third-order valence-corrected chi connectivity index (χ3v) is 7.81. The molecule has 8 nitrogen and oxygen atoms in total. The number of amides is 2. The third kappa shape index (κ3) is 4.68. The van der Waals surface area contributed by atoms with Crippen LogP contribution < -0.4 is 10.2 Å². The molecule has 0 atom stereocenters. The molecule has 5 rings (SSSR count). The fraction of sp³-hybridized carbons (Fsp3) is 0.235. The summed E-state index contributed by atoms with van der Waals surface area (Å²) in [6, 6.07) is 17.1. The normalized spacial score (nSPS) is 17.1. The van der Waals surface area contributed by atoms with E-state index in [9.17, 15) is 19.5 Å². The quantitative estimate of drug-likeness (QED) is 0.365. The van der Waals surface area contributed by atoms with Gasteiger partial charge >= 0.3 is 0 Å². The minimum absolute atomic E-state index is 0.0968. The number of benzene rings is 3. The van der Waals surface area contributed by atoms with Gasteiger partial charge in [0.15, 0.2) is 0 Å². The van der Waals surface area contributed by atoms with E-state index in [2.05, 4.69) is 15.2 Å². The smallest absolute Gasteiger partial charge is 0.243 e. The molecule has 42 heavy (non-hydrogen) atoms. The molecule has 214 valence electrons. The second-order valence-corrected chi connectivity index (χ2v) is 10.5. The van der Waals surface area contributed by atoms with Crippen molar-refractivity contribution >= 4 is 62.3 Å². The van der Waals surface area contributed by atoms with Gasteiger partial charge in [-0.3, -0.25) is 14.4 Å². The SMILES string of the molecule is CCN(C)C1=CC(=NC(C)=O)C(=C2C(=O)C(c3c(NC(C)=O)cc(N(C)CC)c4ccccc34)=C2O)c2ccccc21. The molecular formula is C34H34N4O4. The highest BCUT2D eigenvalue weighted by Gasteiger charge is 2.42. The maximum absolute atomic E-state index is 14.2. The van der Waals surface area contributed by atoms with Crippen LogP contribution in [0.25, 0.3) is 27.6 Å². The molecule has 0 unspecified atom stereocenters. The second-order valence-electron chi connectivity index (χ2n) is 10.5. The fourth-order valence-electron chi connectivity index (χ4n) is 5.61. The molecule has 0 saturated heterocycles. The van der Waals surface area contributed by atoms with Gasteiger partial charge in [-0.25, -0.2) is 4.99 Å². The molecule has 0 fully saturated rings. The predicted molar refractivity (Wildman–Crippen MR) is 170 cm³/mol. The van der Waals surface area contributed by atoms with Crippen LogP contribution in [0.5, 0.6) is 0 Å². The number of carbonyl (C=O) groups is 3. The van der Waals surface area contributed by atoms with Crippen molar-refractivity contribution in [3.8, 4) is 0 Å². The molecule has 3 aromatic rings. The summed E-state index contributed by atoms with van der Waals surface area (Å²) in [5.41, 5.74) is 5.16. The van der Waals surface area contributed by atoms with E-state index in [1.807, 2.05) is 87.4 Å². The van der Waals surface area contributed by atoms with Crippen LogP contribution in [0.1, 0.15) is 44.4 Å². The molecule has 2 aliphatic carbocycles. The van der Waals surface area contributed by atoms with Crippen molar-refractivity contribution in [1.29, 1.82) is 0 Å². The van der Waals surface area contributed by atoms with Crippen molar-refractivity contribution in [1.82, 2.24) is 4.90 Å². The number of allylic oxidation sites excluding steroid dienone is 4. The Morgan fingerprint density at radius 2 is 1.48 bits per heavy atom. The summed E-state index contributed by atoms with van der Waals surface area (Å²) in [6.07, 6.45) is 1.79. The van der Waals surface area contributed by atoms with E-state index in [-0.39, 0.29) is 28.6 Å². The highest BCUT2D eigenvalue weighted by atomic mass is 16.3. The fourth-order valence-corrected chi connectivity index (χ4v) is 5.61. The number of hydrogen-bond donors (Lipinski definition) is 2. The van der Waals surface area contributed by atoms with Gasteiger partial charge in [-0.05, 0) is 36.9 Å². The van der Waals surface area contributed by atoms with Gasteiger partial charge in [-0.2, -0.15) is 0 Å². The van der Waals surface area contributed by atoms with Crippen LogP contribution in [0, 0.1) is 0 Å². The Kier molecular flexibility index (Phi) is 7.56. The van der Waals surface area contributed by atoms with Crippen molar-refractivity contribution in [3.05, 3.63) is 88.7 Å². The molecule has 0 bridgehead atoms. The van der Waals surface area contributed by atoms with Crippen LogP contribution in [0.15, 0.2) is 77.0 Å². The number of aliphatic hydroxyl groups excluding tert-OH is 1. The first-order valence-corrected chi connectivity index (χ1v) is 14.0. The monoisotopic (exact) mass is 562 g/mol. The van der Waals surface area contributed by atoms with E-state index in [0.717, 1.165) is 40.8 Å². The Hall–Kier alpha value is -4.98. The standard InChI is InChI=1S/C34H34N4O4/c1-7-37(5)27-17-25(35-19(3)39)29(23-15-11-9-13-21(23)27)31-33(41)32(34(31)42)30-24-16-12-10-14-22(24)28(38(6)8-2)18-26(30)36-20(4)40/h9-18,41H,7-8H2,1-6H3,(H,35,39). The van der Waals surface area contributed by atoms with E-state index in [1.54, 1.807) is 6.08 Å². The summed E-state index contributed by atoms with van der Waals surface area (Å²) >= 11 is 0. The molecule has 0 heterocycles. The van der Waals surface area contributed by atoms with Gasteiger partial charge in [0.1, 0.15) is 5.76 Å². The number of carbonyl (C=O) groups excluding carboxylic acids is 3. The number of hydrogen-bond acceptors (Lipinski definition) is 6. The third-order valence-electron chi connectivity index (χ3n) is 7.81. The second kappa shape index (κ2) is 11.1. The van der Waals surface area contributed by atoms with Crippen molar-refractivity contribution < 1.29 is 19.5 Å². The van der Waals surface area contributed by atoms with Gasteiger partial charge < -0.3 is 20.2 Å². The maximum Gasteiger partial charge on any atom is 0.243 e. The average molecular weight is 563 g/mol. The van der Waals surface area contributed by atoms with Gasteiger partial charge in [0, 0.05) is 74.5 Å². The summed E-state index contributed by atoms with van der Waals surface area (Å²) in [5, 5.41) is 16.2. The summed E-state index contributed by atoms with van der Waals surface area (Å²) in [5.74, 6) is -1.29. The number of nitrogens with one attached hydrogen (secondary N) is 1. The molecule has 0 aliphatic heterocycles. The summed E-state index contributed by atoms with van der Waals surface area (Å²) < 4.78 is 0. The predicted octanol–water partition coefficient (Wildman–Crippen LogP) is 5.85. The van der Waals surface area contributed by atoms with Gasteiger partial charge in [-0.15, -0.1) is 0 Å². The van der Waals surface area contributed by atoms with Crippen LogP contribution in [-0.2, 0) is 14.4 Å². The topological polar surface area (TPSA) is 102 Å². The Morgan fingerprint density at radius 3 is 2.07 bits per heavy atom. The summed E-state index contributed by atoms with van der Waals surface area (Å²) in [7, 11) is 3.91. The molecule has 8 heteroatoms. The zero-order valence-corrected chi connectivity index (χ0v) is 24.7. The zero-order valence-electron chi connectivity index (χ0n) is 24.7. The molecule has 2 N–H and O–H groups in total. The van der Waals surface area contributed by atoms with E-state index in [4.69, 9.17) is 0 Å². The van der Waals surface area contributed by atoms with Gasteiger partial charge in [0.05, 0.1) is 22.5 Å². The van der Waals surface area contributed by atoms with Crippen molar-refractivity contribution in [2.75, 3.05) is 37.4 Å². The number of aliphatic imine (C=N–C) groups is 1. The van der Waals surface area contributed by atoms with Crippen LogP contribution in [0.3, 0.4) is 0 Å². The summed E-state index contributed by atoms with van der Waals surface area (Å²) in [6.45, 7) is 8.27. The lowest BCUT2D eigenvalue weighted by atomic mass is 9.74. The Bertz CT molecular complexity index is 1790. The minimum atomic E-state index is -0.415. The highest BCUT2D eigenvalue weighted by molar-refractivity contribution is 6.50. The van der Waals surface area contributed by atoms with Crippen molar-refractivity contribution in [2.45, 2.75) is 27.7 Å². The lowest BCUT2D eigenvalue weighted by molar-refractivity contribution is -0.116. The molecular weight excluding hydrogens is 528 g/mol. The number of fused-ring (bicyclic) bond motifs is 2. The van der Waals surface area contributed by atoms with Crippen LogP contribution in [-0.4, -0.2) is 60.5 Å². The maximum atomic E-state index is 14.2. The first kappa shape index (κ1) is 28.5. The molecule has 2 aliphatic rings. The summed E-state index contributed by atoms with van der Waals surface area (Å²) in [4.78, 5) is 47.1. The minimum Gasteiger partial charge on any atom is -0.506 e.